The molecule has 4 rings (SSSR count). The molecule has 178 valence electrons. The highest BCUT2D eigenvalue weighted by Crippen LogP contribution is 2.39. The number of nitrogens with zero attached hydrogens (tertiary/aromatic N) is 2. The SMILES string of the molecule is C[C@H](C(=O)O)C1CCC(c2ccc(NC(=O)c3nnc(Nc4ccc(F)c(F)c4)o3)cc2)CC1. The zero-order valence-electron chi connectivity index (χ0n) is 18.4. The molecule has 0 saturated heterocycles. The van der Waals surface area contributed by atoms with Crippen molar-refractivity contribution in [2.45, 2.75) is 38.5 Å². The number of aromatic nitrogens is 2. The van der Waals surface area contributed by atoms with Crippen molar-refractivity contribution in [2.24, 2.45) is 11.8 Å². The average molecular weight is 470 g/mol. The van der Waals surface area contributed by atoms with Gasteiger partial charge in [-0.15, -0.1) is 5.10 Å². The molecule has 8 nitrogen and oxygen atoms in total. The maximum Gasteiger partial charge on any atom is 0.320 e. The number of aliphatic carboxylic acids is 1. The summed E-state index contributed by atoms with van der Waals surface area (Å²) < 4.78 is 31.6. The lowest BCUT2D eigenvalue weighted by Gasteiger charge is -2.31. The van der Waals surface area contributed by atoms with Gasteiger partial charge in [0, 0.05) is 17.4 Å². The fraction of sp³-hybridized carbons (Fsp3) is 0.333. The maximum absolute atomic E-state index is 13.3. The van der Waals surface area contributed by atoms with Crippen LogP contribution in [0.25, 0.3) is 0 Å². The summed E-state index contributed by atoms with van der Waals surface area (Å²) in [5.74, 6) is -3.41. The molecular formula is C24H24F2N4O4. The molecule has 3 aromatic rings. The van der Waals surface area contributed by atoms with Crippen LogP contribution in [-0.2, 0) is 4.79 Å². The van der Waals surface area contributed by atoms with Crippen molar-refractivity contribution < 1.29 is 27.9 Å². The largest absolute Gasteiger partial charge is 0.481 e. The Kier molecular flexibility index (Phi) is 6.85. The minimum atomic E-state index is -1.03. The van der Waals surface area contributed by atoms with E-state index in [2.05, 4.69) is 20.8 Å². The van der Waals surface area contributed by atoms with Gasteiger partial charge in [0.15, 0.2) is 11.6 Å². The number of carbonyl (C=O) groups excluding carboxylic acids is 1. The zero-order valence-corrected chi connectivity index (χ0v) is 18.4. The summed E-state index contributed by atoms with van der Waals surface area (Å²) in [6.07, 6.45) is 3.64. The van der Waals surface area contributed by atoms with Gasteiger partial charge in [-0.2, -0.15) is 0 Å². The van der Waals surface area contributed by atoms with Gasteiger partial charge in [0.1, 0.15) is 0 Å². The van der Waals surface area contributed by atoms with Gasteiger partial charge in [-0.3, -0.25) is 9.59 Å². The molecule has 1 amide bonds. The predicted molar refractivity (Wildman–Crippen MR) is 120 cm³/mol. The third kappa shape index (κ3) is 5.38. The molecule has 34 heavy (non-hydrogen) atoms. The van der Waals surface area contributed by atoms with Gasteiger partial charge in [0.2, 0.25) is 0 Å². The minimum absolute atomic E-state index is 0.140. The molecule has 1 heterocycles. The Bertz CT molecular complexity index is 1170. The molecule has 2 aromatic carbocycles. The van der Waals surface area contributed by atoms with Gasteiger partial charge >= 0.3 is 23.8 Å². The molecule has 0 aliphatic heterocycles. The molecule has 1 aliphatic rings. The summed E-state index contributed by atoms with van der Waals surface area (Å²) in [4.78, 5) is 23.6. The molecule has 10 heteroatoms. The second-order valence-electron chi connectivity index (χ2n) is 8.48. The monoisotopic (exact) mass is 470 g/mol. The highest BCUT2D eigenvalue weighted by atomic mass is 19.2. The molecule has 3 N–H and O–H groups in total. The van der Waals surface area contributed by atoms with Gasteiger partial charge in [-0.05, 0) is 67.3 Å². The second kappa shape index (κ2) is 9.98. The first-order valence-electron chi connectivity index (χ1n) is 11.0. The van der Waals surface area contributed by atoms with Crippen molar-refractivity contribution >= 4 is 29.3 Å². The predicted octanol–water partition coefficient (Wildman–Crippen LogP) is 5.34. The number of benzene rings is 2. The number of halogens is 2. The van der Waals surface area contributed by atoms with Crippen molar-refractivity contribution in [3.05, 3.63) is 65.6 Å². The van der Waals surface area contributed by atoms with E-state index in [9.17, 15) is 23.5 Å². The van der Waals surface area contributed by atoms with Crippen LogP contribution in [-0.4, -0.2) is 27.2 Å². The van der Waals surface area contributed by atoms with Crippen LogP contribution in [0.5, 0.6) is 0 Å². The molecule has 1 atom stereocenters. The van der Waals surface area contributed by atoms with Crippen molar-refractivity contribution in [3.63, 3.8) is 0 Å². The topological polar surface area (TPSA) is 117 Å². The van der Waals surface area contributed by atoms with E-state index in [-0.39, 0.29) is 29.4 Å². The van der Waals surface area contributed by atoms with Crippen molar-refractivity contribution in [3.8, 4) is 0 Å². The summed E-state index contributed by atoms with van der Waals surface area (Å²) in [5.41, 5.74) is 1.89. The lowest BCUT2D eigenvalue weighted by Crippen LogP contribution is -2.24. The Hall–Kier alpha value is -3.82. The number of hydrogen-bond acceptors (Lipinski definition) is 6. The molecule has 0 spiro atoms. The van der Waals surface area contributed by atoms with Gasteiger partial charge in [-0.1, -0.05) is 24.2 Å². The first-order chi connectivity index (χ1) is 16.3. The van der Waals surface area contributed by atoms with E-state index in [0.29, 0.717) is 11.6 Å². The maximum atomic E-state index is 13.3. The third-order valence-corrected chi connectivity index (χ3v) is 6.30. The fourth-order valence-electron chi connectivity index (χ4n) is 4.24. The van der Waals surface area contributed by atoms with E-state index >= 15 is 0 Å². The van der Waals surface area contributed by atoms with E-state index in [1.54, 1.807) is 19.1 Å². The van der Waals surface area contributed by atoms with E-state index in [1.165, 1.54) is 6.07 Å². The average Bonchev–Trinajstić information content (AvgIpc) is 3.30. The smallest absolute Gasteiger partial charge is 0.320 e. The van der Waals surface area contributed by atoms with Gasteiger partial charge < -0.3 is 20.2 Å². The van der Waals surface area contributed by atoms with E-state index in [4.69, 9.17) is 4.42 Å². The number of nitrogens with one attached hydrogen (secondary N) is 2. The van der Waals surface area contributed by atoms with Crippen LogP contribution in [0.1, 0.15) is 54.8 Å². The summed E-state index contributed by atoms with van der Waals surface area (Å²) >= 11 is 0. The van der Waals surface area contributed by atoms with Crippen LogP contribution in [0, 0.1) is 23.5 Å². The van der Waals surface area contributed by atoms with Crippen LogP contribution in [0.3, 0.4) is 0 Å². The summed E-state index contributed by atoms with van der Waals surface area (Å²) in [7, 11) is 0. The zero-order chi connectivity index (χ0) is 24.2. The summed E-state index contributed by atoms with van der Waals surface area (Å²) in [5, 5.41) is 21.9. The van der Waals surface area contributed by atoms with Crippen LogP contribution in [0.4, 0.5) is 26.2 Å². The Morgan fingerprint density at radius 1 is 1.00 bits per heavy atom. The molecule has 0 radical (unpaired) electrons. The third-order valence-electron chi connectivity index (χ3n) is 6.30. The van der Waals surface area contributed by atoms with Gasteiger partial charge in [0.25, 0.3) is 0 Å². The molecule has 1 saturated carbocycles. The van der Waals surface area contributed by atoms with Crippen molar-refractivity contribution in [2.75, 3.05) is 10.6 Å². The van der Waals surface area contributed by atoms with Crippen LogP contribution >= 0.6 is 0 Å². The van der Waals surface area contributed by atoms with Crippen molar-refractivity contribution in [1.29, 1.82) is 0 Å². The lowest BCUT2D eigenvalue weighted by molar-refractivity contribution is -0.143. The van der Waals surface area contributed by atoms with Crippen LogP contribution < -0.4 is 10.6 Å². The second-order valence-corrected chi connectivity index (χ2v) is 8.48. The molecule has 1 aliphatic carbocycles. The Morgan fingerprint density at radius 2 is 1.68 bits per heavy atom. The van der Waals surface area contributed by atoms with Gasteiger partial charge in [-0.25, -0.2) is 8.78 Å². The Labute approximate surface area is 194 Å². The Morgan fingerprint density at radius 3 is 2.32 bits per heavy atom. The van der Waals surface area contributed by atoms with Gasteiger partial charge in [0.05, 0.1) is 5.92 Å². The summed E-state index contributed by atoms with van der Waals surface area (Å²) in [6, 6.07) is 10.5. The van der Waals surface area contributed by atoms with E-state index < -0.39 is 23.5 Å². The number of anilines is 3. The molecule has 0 bridgehead atoms. The quantitative estimate of drug-likeness (QED) is 0.427. The molecule has 1 fully saturated rings. The number of amides is 1. The molecule has 1 aromatic heterocycles. The standard InChI is InChI=1S/C24H24F2N4O4/c1-13(23(32)33)14-2-4-15(5-3-14)16-6-8-17(9-7-16)27-21(31)22-29-30-24(34-22)28-18-10-11-19(25)20(26)12-18/h6-15H,2-5H2,1H3,(H,27,31)(H,28,30)(H,32,33)/t13-,14?,15?/m0/s1. The van der Waals surface area contributed by atoms with Crippen LogP contribution in [0.2, 0.25) is 0 Å². The number of carbonyl (C=O) groups is 2. The first kappa shape index (κ1) is 23.3. The van der Waals surface area contributed by atoms with Crippen molar-refractivity contribution in [1.82, 2.24) is 10.2 Å². The number of carboxylic acid groups (broad SMARTS) is 1. The minimum Gasteiger partial charge on any atom is -0.481 e. The molecular weight excluding hydrogens is 446 g/mol. The first-order valence-corrected chi connectivity index (χ1v) is 11.0. The normalized spacial score (nSPS) is 18.8. The Balaban J connectivity index is 1.32. The molecule has 0 unspecified atom stereocenters. The van der Waals surface area contributed by atoms with E-state index in [0.717, 1.165) is 43.4 Å². The van der Waals surface area contributed by atoms with E-state index in [1.807, 2.05) is 12.1 Å². The number of rotatable bonds is 7. The van der Waals surface area contributed by atoms with Crippen LogP contribution in [0.15, 0.2) is 46.9 Å². The fourth-order valence-corrected chi connectivity index (χ4v) is 4.24. The summed E-state index contributed by atoms with van der Waals surface area (Å²) in [6.45, 7) is 1.77. The highest BCUT2D eigenvalue weighted by Gasteiger charge is 2.29. The highest BCUT2D eigenvalue weighted by molar-refractivity contribution is 6.00. The number of carboxylic acids is 1. The number of hydrogen-bond donors (Lipinski definition) is 3. The lowest BCUT2D eigenvalue weighted by atomic mass is 9.74.